The zero-order chi connectivity index (χ0) is 8.65. The molecule has 0 bridgehead atoms. The van der Waals surface area contributed by atoms with E-state index in [0.717, 1.165) is 0 Å². The summed E-state index contributed by atoms with van der Waals surface area (Å²) in [5.41, 5.74) is -0.590. The summed E-state index contributed by atoms with van der Waals surface area (Å²) >= 11 is 0. The molecule has 0 aromatic rings. The van der Waals surface area contributed by atoms with E-state index in [1.54, 1.807) is 6.92 Å². The number of hydrogen-bond donors (Lipinski definition) is 0. The molecule has 4 nitrogen and oxygen atoms in total. The van der Waals surface area contributed by atoms with Crippen LogP contribution >= 0.6 is 0 Å². The standard InChI is InChI=1S/C7H11NO3/c1-5(9)7(2)4-8(7)6(10)11-3/h4H2,1-3H3. The molecule has 1 fully saturated rings. The van der Waals surface area contributed by atoms with Gasteiger partial charge >= 0.3 is 6.09 Å². The van der Waals surface area contributed by atoms with Crippen molar-refractivity contribution in [3.05, 3.63) is 0 Å². The van der Waals surface area contributed by atoms with E-state index in [1.807, 2.05) is 0 Å². The fraction of sp³-hybridized carbons (Fsp3) is 0.714. The zero-order valence-corrected chi connectivity index (χ0v) is 6.88. The third-order valence-corrected chi connectivity index (χ3v) is 2.11. The average molecular weight is 157 g/mol. The summed E-state index contributed by atoms with van der Waals surface area (Å²) in [5.74, 6) is 0.00269. The van der Waals surface area contributed by atoms with E-state index in [2.05, 4.69) is 4.74 Å². The second kappa shape index (κ2) is 2.22. The summed E-state index contributed by atoms with van der Waals surface area (Å²) in [5, 5.41) is 0. The van der Waals surface area contributed by atoms with Gasteiger partial charge in [0, 0.05) is 0 Å². The van der Waals surface area contributed by atoms with Gasteiger partial charge in [-0.1, -0.05) is 0 Å². The van der Waals surface area contributed by atoms with Gasteiger partial charge in [-0.3, -0.25) is 9.69 Å². The Balaban J connectivity index is 2.60. The summed E-state index contributed by atoms with van der Waals surface area (Å²) < 4.78 is 4.45. The summed E-state index contributed by atoms with van der Waals surface area (Å²) in [6, 6.07) is 0. The lowest BCUT2D eigenvalue weighted by Crippen LogP contribution is -2.26. The third kappa shape index (κ3) is 1.08. The lowest BCUT2D eigenvalue weighted by Gasteiger charge is -2.06. The Morgan fingerprint density at radius 1 is 1.55 bits per heavy atom. The first-order valence-electron chi connectivity index (χ1n) is 3.39. The van der Waals surface area contributed by atoms with Crippen LogP contribution in [0.4, 0.5) is 4.79 Å². The van der Waals surface area contributed by atoms with Crippen molar-refractivity contribution in [1.82, 2.24) is 4.90 Å². The van der Waals surface area contributed by atoms with Gasteiger partial charge in [0.1, 0.15) is 5.54 Å². The largest absolute Gasteiger partial charge is 0.453 e. The average Bonchev–Trinajstić information content (AvgIpc) is 2.63. The molecule has 0 aromatic heterocycles. The first-order valence-corrected chi connectivity index (χ1v) is 3.39. The molecule has 4 heteroatoms. The number of ketones is 1. The normalized spacial score (nSPS) is 28.1. The van der Waals surface area contributed by atoms with E-state index in [0.29, 0.717) is 6.54 Å². The molecule has 0 radical (unpaired) electrons. The van der Waals surface area contributed by atoms with Crippen molar-refractivity contribution >= 4 is 11.9 Å². The van der Waals surface area contributed by atoms with Crippen molar-refractivity contribution in [2.24, 2.45) is 0 Å². The number of nitrogens with zero attached hydrogens (tertiary/aromatic N) is 1. The second-order valence-corrected chi connectivity index (χ2v) is 2.89. The van der Waals surface area contributed by atoms with E-state index in [9.17, 15) is 9.59 Å². The first-order chi connectivity index (χ1) is 5.02. The lowest BCUT2D eigenvalue weighted by molar-refractivity contribution is -0.119. The molecule has 0 N–H and O–H groups in total. The highest BCUT2D eigenvalue weighted by atomic mass is 16.5. The third-order valence-electron chi connectivity index (χ3n) is 2.11. The van der Waals surface area contributed by atoms with Gasteiger partial charge in [-0.05, 0) is 13.8 Å². The van der Waals surface area contributed by atoms with Crippen LogP contribution in [0.3, 0.4) is 0 Å². The van der Waals surface area contributed by atoms with Gasteiger partial charge < -0.3 is 4.74 Å². The molecule has 62 valence electrons. The number of Topliss-reactive ketones (excluding diaryl/α,β-unsaturated/α-hetero) is 1. The molecule has 11 heavy (non-hydrogen) atoms. The van der Waals surface area contributed by atoms with Gasteiger partial charge in [0.15, 0.2) is 5.78 Å². The Kier molecular flexibility index (Phi) is 1.62. The van der Waals surface area contributed by atoms with Crippen LogP contribution < -0.4 is 0 Å². The van der Waals surface area contributed by atoms with Crippen LogP contribution in [0, 0.1) is 0 Å². The van der Waals surface area contributed by atoms with Crippen LogP contribution in [0.25, 0.3) is 0 Å². The Morgan fingerprint density at radius 3 is 2.36 bits per heavy atom. The highest BCUT2D eigenvalue weighted by Gasteiger charge is 2.55. The molecule has 0 aromatic carbocycles. The number of amides is 1. The second-order valence-electron chi connectivity index (χ2n) is 2.89. The van der Waals surface area contributed by atoms with E-state index >= 15 is 0 Å². The predicted octanol–water partition coefficient (Wildman–Crippen LogP) is 0.416. The number of carbonyl (C=O) groups excluding carboxylic acids is 2. The number of ether oxygens (including phenoxy) is 1. The molecule has 1 atom stereocenters. The highest BCUT2D eigenvalue weighted by Crippen LogP contribution is 2.32. The quantitative estimate of drug-likeness (QED) is 0.518. The van der Waals surface area contributed by atoms with E-state index in [-0.39, 0.29) is 5.78 Å². The first kappa shape index (κ1) is 8.04. The maximum absolute atomic E-state index is 10.9. The lowest BCUT2D eigenvalue weighted by atomic mass is 10.1. The number of rotatable bonds is 1. The Morgan fingerprint density at radius 2 is 2.09 bits per heavy atom. The molecule has 1 heterocycles. The highest BCUT2D eigenvalue weighted by molar-refractivity contribution is 5.94. The Hall–Kier alpha value is -1.06. The fourth-order valence-electron chi connectivity index (χ4n) is 0.950. The maximum Gasteiger partial charge on any atom is 0.410 e. The fourth-order valence-corrected chi connectivity index (χ4v) is 0.950. The molecule has 0 aliphatic carbocycles. The molecule has 1 aliphatic heterocycles. The van der Waals surface area contributed by atoms with Crippen LogP contribution in [0.2, 0.25) is 0 Å². The number of hydrogen-bond acceptors (Lipinski definition) is 3. The summed E-state index contributed by atoms with van der Waals surface area (Å²) in [7, 11) is 1.31. The number of carbonyl (C=O) groups is 2. The molecule has 0 saturated carbocycles. The maximum atomic E-state index is 10.9. The molecule has 1 aliphatic rings. The molecular weight excluding hydrogens is 146 g/mol. The SMILES string of the molecule is COC(=O)N1CC1(C)C(C)=O. The minimum atomic E-state index is -0.590. The topological polar surface area (TPSA) is 46.4 Å². The van der Waals surface area contributed by atoms with E-state index in [4.69, 9.17) is 0 Å². The van der Waals surface area contributed by atoms with Crippen molar-refractivity contribution in [3.63, 3.8) is 0 Å². The molecule has 1 saturated heterocycles. The van der Waals surface area contributed by atoms with Crippen LogP contribution in [0.15, 0.2) is 0 Å². The van der Waals surface area contributed by atoms with Gasteiger partial charge in [0.2, 0.25) is 0 Å². The minimum absolute atomic E-state index is 0.00269. The Bertz CT molecular complexity index is 214. The van der Waals surface area contributed by atoms with Gasteiger partial charge in [0.05, 0.1) is 13.7 Å². The van der Waals surface area contributed by atoms with Crippen molar-refractivity contribution in [3.8, 4) is 0 Å². The van der Waals surface area contributed by atoms with Crippen LogP contribution in [0.5, 0.6) is 0 Å². The molecule has 1 unspecified atom stereocenters. The molecule has 1 rings (SSSR count). The summed E-state index contributed by atoms with van der Waals surface area (Å²) in [4.78, 5) is 23.2. The van der Waals surface area contributed by atoms with E-state index in [1.165, 1.54) is 18.9 Å². The monoisotopic (exact) mass is 157 g/mol. The summed E-state index contributed by atoms with van der Waals surface area (Å²) in [6.45, 7) is 3.68. The summed E-state index contributed by atoms with van der Waals surface area (Å²) in [6.07, 6.45) is -0.428. The van der Waals surface area contributed by atoms with Crippen LogP contribution in [-0.2, 0) is 9.53 Å². The van der Waals surface area contributed by atoms with Crippen molar-refractivity contribution in [1.29, 1.82) is 0 Å². The van der Waals surface area contributed by atoms with Gasteiger partial charge in [0.25, 0.3) is 0 Å². The molecule has 1 amide bonds. The molecule has 0 spiro atoms. The minimum Gasteiger partial charge on any atom is -0.453 e. The predicted molar refractivity (Wildman–Crippen MR) is 38.2 cm³/mol. The van der Waals surface area contributed by atoms with Gasteiger partial charge in [-0.15, -0.1) is 0 Å². The van der Waals surface area contributed by atoms with Crippen LogP contribution in [0.1, 0.15) is 13.8 Å². The van der Waals surface area contributed by atoms with Crippen molar-refractivity contribution in [2.45, 2.75) is 19.4 Å². The van der Waals surface area contributed by atoms with Crippen molar-refractivity contribution in [2.75, 3.05) is 13.7 Å². The smallest absolute Gasteiger partial charge is 0.410 e. The van der Waals surface area contributed by atoms with Gasteiger partial charge in [-0.25, -0.2) is 4.79 Å². The zero-order valence-electron chi connectivity index (χ0n) is 6.88. The van der Waals surface area contributed by atoms with Crippen LogP contribution in [-0.4, -0.2) is 36.0 Å². The van der Waals surface area contributed by atoms with E-state index < -0.39 is 11.6 Å². The Labute approximate surface area is 65.1 Å². The van der Waals surface area contributed by atoms with Crippen molar-refractivity contribution < 1.29 is 14.3 Å². The number of methoxy groups -OCH3 is 1. The van der Waals surface area contributed by atoms with Gasteiger partial charge in [-0.2, -0.15) is 0 Å². The molecular formula is C7H11NO3.